The minimum absolute atomic E-state index is 0.275. The van der Waals surface area contributed by atoms with Crippen LogP contribution in [0.25, 0.3) is 0 Å². The summed E-state index contributed by atoms with van der Waals surface area (Å²) >= 11 is 0. The quantitative estimate of drug-likeness (QED) is 0.706. The first-order chi connectivity index (χ1) is 14.8. The van der Waals surface area contributed by atoms with Gasteiger partial charge in [0.05, 0.1) is 6.54 Å². The summed E-state index contributed by atoms with van der Waals surface area (Å²) < 4.78 is 5.79. The summed E-state index contributed by atoms with van der Waals surface area (Å²) in [5, 5.41) is 0. The molecule has 1 atom stereocenters. The van der Waals surface area contributed by atoms with Crippen LogP contribution in [0.15, 0.2) is 60.7 Å². The van der Waals surface area contributed by atoms with Crippen LogP contribution in [0.1, 0.15) is 24.8 Å². The van der Waals surface area contributed by atoms with E-state index in [1.807, 2.05) is 35.2 Å². The largest absolute Gasteiger partial charge is 0.492 e. The van der Waals surface area contributed by atoms with E-state index in [9.17, 15) is 4.79 Å². The molecule has 160 valence electrons. The number of hydrogen-bond donors (Lipinski definition) is 0. The van der Waals surface area contributed by atoms with Crippen molar-refractivity contribution in [3.8, 4) is 5.75 Å². The molecule has 0 N–H and O–H groups in total. The van der Waals surface area contributed by atoms with Crippen LogP contribution in [-0.4, -0.2) is 72.5 Å². The monoisotopic (exact) mass is 407 g/mol. The number of rotatable bonds is 7. The summed E-state index contributed by atoms with van der Waals surface area (Å²) in [4.78, 5) is 19.7. The Morgan fingerprint density at radius 3 is 2.27 bits per heavy atom. The van der Waals surface area contributed by atoms with E-state index < -0.39 is 0 Å². The fourth-order valence-electron chi connectivity index (χ4n) is 4.54. The van der Waals surface area contributed by atoms with Gasteiger partial charge in [0.1, 0.15) is 12.4 Å². The molecule has 2 fully saturated rings. The average Bonchev–Trinajstić information content (AvgIpc) is 2.98. The second-order valence-electron chi connectivity index (χ2n) is 8.32. The Kier molecular flexibility index (Phi) is 7.38. The van der Waals surface area contributed by atoms with E-state index >= 15 is 0 Å². The van der Waals surface area contributed by atoms with Crippen molar-refractivity contribution in [1.29, 1.82) is 0 Å². The van der Waals surface area contributed by atoms with E-state index in [0.29, 0.717) is 25.6 Å². The summed E-state index contributed by atoms with van der Waals surface area (Å²) in [6.45, 7) is 7.51. The van der Waals surface area contributed by atoms with Crippen molar-refractivity contribution in [3.63, 3.8) is 0 Å². The molecule has 1 amide bonds. The first kappa shape index (κ1) is 20.9. The maximum Gasteiger partial charge on any atom is 0.222 e. The Bertz CT molecular complexity index is 775. The number of nitrogens with zero attached hydrogens (tertiary/aromatic N) is 3. The number of piperazine rings is 1. The Hall–Kier alpha value is -2.37. The summed E-state index contributed by atoms with van der Waals surface area (Å²) in [6, 6.07) is 21.1. The molecule has 2 aromatic rings. The number of likely N-dealkylation sites (tertiary alicyclic amines) is 1. The second kappa shape index (κ2) is 10.6. The van der Waals surface area contributed by atoms with E-state index in [0.717, 1.165) is 57.9 Å². The zero-order chi connectivity index (χ0) is 20.6. The molecule has 2 aromatic carbocycles. The van der Waals surface area contributed by atoms with Gasteiger partial charge < -0.3 is 9.64 Å². The first-order valence-corrected chi connectivity index (χ1v) is 11.2. The van der Waals surface area contributed by atoms with Crippen molar-refractivity contribution in [3.05, 3.63) is 66.2 Å². The third kappa shape index (κ3) is 5.83. The van der Waals surface area contributed by atoms with E-state index in [4.69, 9.17) is 4.74 Å². The molecule has 5 nitrogen and oxygen atoms in total. The van der Waals surface area contributed by atoms with Gasteiger partial charge in [-0.3, -0.25) is 14.6 Å². The molecule has 0 aromatic heterocycles. The molecule has 5 heteroatoms. The molecule has 0 aliphatic carbocycles. The number of amides is 1. The van der Waals surface area contributed by atoms with E-state index in [-0.39, 0.29) is 5.91 Å². The molecular formula is C25H33N3O2. The van der Waals surface area contributed by atoms with Crippen LogP contribution < -0.4 is 4.74 Å². The SMILES string of the molecule is O=C1CC[C@H](N2CCN(Cc3ccccc3)CC2)CCN1CCOc1ccccc1. The third-order valence-corrected chi connectivity index (χ3v) is 6.32. The van der Waals surface area contributed by atoms with Gasteiger partial charge in [-0.1, -0.05) is 48.5 Å². The maximum atomic E-state index is 12.6. The molecule has 30 heavy (non-hydrogen) atoms. The highest BCUT2D eigenvalue weighted by Gasteiger charge is 2.28. The molecule has 4 rings (SSSR count). The van der Waals surface area contributed by atoms with Gasteiger partial charge in [0.25, 0.3) is 0 Å². The van der Waals surface area contributed by atoms with Gasteiger partial charge >= 0.3 is 0 Å². The molecule has 2 aliphatic heterocycles. The van der Waals surface area contributed by atoms with Crippen LogP contribution in [-0.2, 0) is 11.3 Å². The highest BCUT2D eigenvalue weighted by atomic mass is 16.5. The molecule has 0 spiro atoms. The van der Waals surface area contributed by atoms with Crippen molar-refractivity contribution in [2.75, 3.05) is 45.9 Å². The van der Waals surface area contributed by atoms with Gasteiger partial charge in [0.2, 0.25) is 5.91 Å². The number of carbonyl (C=O) groups excluding carboxylic acids is 1. The topological polar surface area (TPSA) is 36.0 Å². The minimum Gasteiger partial charge on any atom is -0.492 e. The smallest absolute Gasteiger partial charge is 0.222 e. The molecular weight excluding hydrogens is 374 g/mol. The lowest BCUT2D eigenvalue weighted by Gasteiger charge is -2.39. The number of para-hydroxylation sites is 1. The minimum atomic E-state index is 0.275. The predicted molar refractivity (Wildman–Crippen MR) is 119 cm³/mol. The van der Waals surface area contributed by atoms with Crippen molar-refractivity contribution < 1.29 is 9.53 Å². The molecule has 2 heterocycles. The number of benzene rings is 2. The Balaban J connectivity index is 1.20. The van der Waals surface area contributed by atoms with E-state index in [2.05, 4.69) is 40.1 Å². The zero-order valence-electron chi connectivity index (χ0n) is 17.8. The van der Waals surface area contributed by atoms with Crippen molar-refractivity contribution in [1.82, 2.24) is 14.7 Å². The third-order valence-electron chi connectivity index (χ3n) is 6.32. The van der Waals surface area contributed by atoms with Crippen LogP contribution in [0.2, 0.25) is 0 Å². The molecule has 0 radical (unpaired) electrons. The Morgan fingerprint density at radius 1 is 0.833 bits per heavy atom. The summed E-state index contributed by atoms with van der Waals surface area (Å²) in [6.07, 6.45) is 2.70. The molecule has 2 saturated heterocycles. The van der Waals surface area contributed by atoms with Gasteiger partial charge in [-0.25, -0.2) is 0 Å². The molecule has 0 bridgehead atoms. The lowest BCUT2D eigenvalue weighted by atomic mass is 10.1. The van der Waals surface area contributed by atoms with Gasteiger partial charge in [-0.2, -0.15) is 0 Å². The van der Waals surface area contributed by atoms with Crippen LogP contribution >= 0.6 is 0 Å². The fraction of sp³-hybridized carbons (Fsp3) is 0.480. The highest BCUT2D eigenvalue weighted by Crippen LogP contribution is 2.20. The first-order valence-electron chi connectivity index (χ1n) is 11.2. The number of carbonyl (C=O) groups is 1. The predicted octanol–water partition coefficient (Wildman–Crippen LogP) is 3.26. The van der Waals surface area contributed by atoms with E-state index in [1.54, 1.807) is 0 Å². The van der Waals surface area contributed by atoms with Crippen LogP contribution in [0.4, 0.5) is 0 Å². The summed E-state index contributed by atoms with van der Waals surface area (Å²) in [5.74, 6) is 1.14. The van der Waals surface area contributed by atoms with Gasteiger partial charge in [0.15, 0.2) is 0 Å². The fourth-order valence-corrected chi connectivity index (χ4v) is 4.54. The zero-order valence-corrected chi connectivity index (χ0v) is 17.8. The molecule has 0 unspecified atom stereocenters. The van der Waals surface area contributed by atoms with Crippen LogP contribution in [0.5, 0.6) is 5.75 Å². The maximum absolute atomic E-state index is 12.6. The van der Waals surface area contributed by atoms with Crippen LogP contribution in [0.3, 0.4) is 0 Å². The normalized spacial score (nSPS) is 21.4. The lowest BCUT2D eigenvalue weighted by Crippen LogP contribution is -2.50. The lowest BCUT2D eigenvalue weighted by molar-refractivity contribution is -0.131. The Morgan fingerprint density at radius 2 is 1.53 bits per heavy atom. The highest BCUT2D eigenvalue weighted by molar-refractivity contribution is 5.76. The molecule has 0 saturated carbocycles. The average molecular weight is 408 g/mol. The van der Waals surface area contributed by atoms with Gasteiger partial charge in [-0.05, 0) is 30.5 Å². The second-order valence-corrected chi connectivity index (χ2v) is 8.32. The summed E-state index contributed by atoms with van der Waals surface area (Å²) in [5.41, 5.74) is 1.39. The van der Waals surface area contributed by atoms with Crippen molar-refractivity contribution >= 4 is 5.91 Å². The van der Waals surface area contributed by atoms with Crippen molar-refractivity contribution in [2.24, 2.45) is 0 Å². The number of hydrogen-bond acceptors (Lipinski definition) is 4. The van der Waals surface area contributed by atoms with Gasteiger partial charge in [0, 0.05) is 51.7 Å². The standard InChI is InChI=1S/C25H33N3O2/c29-25-12-11-23(13-14-28(25)19-20-30-24-9-5-2-6-10-24)27-17-15-26(16-18-27)21-22-7-3-1-4-8-22/h1-10,23H,11-21H2/t23-/m0/s1. The van der Waals surface area contributed by atoms with Crippen LogP contribution in [0, 0.1) is 0 Å². The Labute approximate surface area is 180 Å². The van der Waals surface area contributed by atoms with Gasteiger partial charge in [-0.15, -0.1) is 0 Å². The van der Waals surface area contributed by atoms with Crippen molar-refractivity contribution in [2.45, 2.75) is 31.8 Å². The summed E-state index contributed by atoms with van der Waals surface area (Å²) in [7, 11) is 0. The van der Waals surface area contributed by atoms with E-state index in [1.165, 1.54) is 5.56 Å². The molecule has 2 aliphatic rings. The number of ether oxygens (including phenoxy) is 1.